The van der Waals surface area contributed by atoms with Crippen LogP contribution >= 0.6 is 0 Å². The van der Waals surface area contributed by atoms with Crippen LogP contribution in [0.1, 0.15) is 27.0 Å². The van der Waals surface area contributed by atoms with Crippen molar-refractivity contribution >= 4 is 22.6 Å². The Labute approximate surface area is 245 Å². The SMILES string of the molecule is Cc1cc(NC(=O)c2ccc(C)c(Oc3nc(-c4cccnc4)nc4c3cnn4C)c2)ccc1CN1CCN(C)CC1. The minimum atomic E-state index is -0.212. The van der Waals surface area contributed by atoms with E-state index in [9.17, 15) is 4.79 Å². The molecule has 1 fully saturated rings. The van der Waals surface area contributed by atoms with Gasteiger partial charge in [0.2, 0.25) is 5.88 Å². The van der Waals surface area contributed by atoms with Crippen molar-refractivity contribution in [3.05, 3.63) is 89.4 Å². The van der Waals surface area contributed by atoms with Gasteiger partial charge in [-0.25, -0.2) is 4.98 Å². The number of aryl methyl sites for hydroxylation is 3. The highest BCUT2D eigenvalue weighted by Gasteiger charge is 2.18. The number of rotatable bonds is 7. The van der Waals surface area contributed by atoms with Gasteiger partial charge in [-0.2, -0.15) is 10.1 Å². The Morgan fingerprint density at radius 2 is 1.79 bits per heavy atom. The van der Waals surface area contributed by atoms with E-state index in [1.54, 1.807) is 35.4 Å². The van der Waals surface area contributed by atoms with E-state index in [1.807, 2.05) is 44.3 Å². The van der Waals surface area contributed by atoms with Crippen LogP contribution in [0.5, 0.6) is 11.6 Å². The zero-order valence-corrected chi connectivity index (χ0v) is 24.3. The summed E-state index contributed by atoms with van der Waals surface area (Å²) in [5, 5.41) is 8.07. The number of hydrogen-bond acceptors (Lipinski definition) is 8. The van der Waals surface area contributed by atoms with Crippen LogP contribution in [0, 0.1) is 13.8 Å². The van der Waals surface area contributed by atoms with Crippen molar-refractivity contribution in [1.29, 1.82) is 0 Å². The van der Waals surface area contributed by atoms with Crippen LogP contribution < -0.4 is 10.1 Å². The summed E-state index contributed by atoms with van der Waals surface area (Å²) < 4.78 is 8.02. The fraction of sp³-hybridized carbons (Fsp3) is 0.281. The molecule has 10 heteroatoms. The van der Waals surface area contributed by atoms with Gasteiger partial charge in [-0.15, -0.1) is 0 Å². The first-order valence-electron chi connectivity index (χ1n) is 14.0. The molecule has 0 radical (unpaired) electrons. The predicted molar refractivity (Wildman–Crippen MR) is 163 cm³/mol. The largest absolute Gasteiger partial charge is 0.438 e. The van der Waals surface area contributed by atoms with Crippen LogP contribution in [-0.2, 0) is 13.6 Å². The molecule has 1 saturated heterocycles. The molecular weight excluding hydrogens is 528 g/mol. The lowest BCUT2D eigenvalue weighted by Crippen LogP contribution is -2.43. The van der Waals surface area contributed by atoms with Crippen LogP contribution in [0.3, 0.4) is 0 Å². The van der Waals surface area contributed by atoms with E-state index in [4.69, 9.17) is 9.72 Å². The number of fused-ring (bicyclic) bond motifs is 1. The third-order valence-corrected chi connectivity index (χ3v) is 7.72. The van der Waals surface area contributed by atoms with Gasteiger partial charge in [0.05, 0.1) is 6.20 Å². The lowest BCUT2D eigenvalue weighted by atomic mass is 10.1. The monoisotopic (exact) mass is 562 g/mol. The predicted octanol–water partition coefficient (Wildman–Crippen LogP) is 4.83. The van der Waals surface area contributed by atoms with E-state index in [0.29, 0.717) is 34.1 Å². The second-order valence-corrected chi connectivity index (χ2v) is 10.9. The minimum absolute atomic E-state index is 0.212. The number of carbonyl (C=O) groups excluding carboxylic acids is 1. The third-order valence-electron chi connectivity index (χ3n) is 7.72. The number of benzene rings is 2. The number of carbonyl (C=O) groups is 1. The van der Waals surface area contributed by atoms with Gasteiger partial charge in [-0.05, 0) is 74.0 Å². The Kier molecular flexibility index (Phi) is 7.64. The van der Waals surface area contributed by atoms with Crippen molar-refractivity contribution < 1.29 is 9.53 Å². The fourth-order valence-electron chi connectivity index (χ4n) is 5.05. The number of pyridine rings is 1. The van der Waals surface area contributed by atoms with E-state index >= 15 is 0 Å². The molecule has 0 unspecified atom stereocenters. The molecule has 0 bridgehead atoms. The first-order chi connectivity index (χ1) is 20.3. The van der Waals surface area contributed by atoms with Gasteiger partial charge in [-0.1, -0.05) is 12.1 Å². The molecule has 1 aliphatic rings. The summed E-state index contributed by atoms with van der Waals surface area (Å²) in [5.74, 6) is 1.16. The molecule has 3 aromatic heterocycles. The highest BCUT2D eigenvalue weighted by molar-refractivity contribution is 6.04. The minimum Gasteiger partial charge on any atom is -0.438 e. The molecule has 0 atom stereocenters. The Balaban J connectivity index is 1.21. The van der Waals surface area contributed by atoms with Crippen molar-refractivity contribution in [2.75, 3.05) is 38.5 Å². The summed E-state index contributed by atoms with van der Waals surface area (Å²) >= 11 is 0. The van der Waals surface area contributed by atoms with Crippen LogP contribution in [0.25, 0.3) is 22.4 Å². The maximum absolute atomic E-state index is 13.3. The van der Waals surface area contributed by atoms with Crippen molar-refractivity contribution in [1.82, 2.24) is 34.5 Å². The highest BCUT2D eigenvalue weighted by Crippen LogP contribution is 2.32. The Morgan fingerprint density at radius 3 is 2.55 bits per heavy atom. The lowest BCUT2D eigenvalue weighted by Gasteiger charge is -2.32. The Bertz CT molecular complexity index is 1740. The average molecular weight is 563 g/mol. The lowest BCUT2D eigenvalue weighted by molar-refractivity contribution is 0.102. The van der Waals surface area contributed by atoms with Gasteiger partial charge >= 0.3 is 0 Å². The van der Waals surface area contributed by atoms with Crippen molar-refractivity contribution in [3.63, 3.8) is 0 Å². The maximum atomic E-state index is 13.3. The summed E-state index contributed by atoms with van der Waals surface area (Å²) in [4.78, 5) is 31.7. The van der Waals surface area contributed by atoms with E-state index in [-0.39, 0.29) is 5.91 Å². The summed E-state index contributed by atoms with van der Waals surface area (Å²) in [5.41, 5.74) is 5.95. The molecule has 42 heavy (non-hydrogen) atoms. The van der Waals surface area contributed by atoms with Gasteiger partial charge in [0, 0.05) is 69.0 Å². The second-order valence-electron chi connectivity index (χ2n) is 10.9. The molecule has 4 heterocycles. The molecule has 5 aromatic rings. The number of ether oxygens (including phenoxy) is 1. The van der Waals surface area contributed by atoms with Crippen molar-refractivity contribution in [2.24, 2.45) is 7.05 Å². The van der Waals surface area contributed by atoms with Crippen molar-refractivity contribution in [3.8, 4) is 23.0 Å². The van der Waals surface area contributed by atoms with Gasteiger partial charge in [0.15, 0.2) is 11.5 Å². The first-order valence-corrected chi connectivity index (χ1v) is 14.0. The average Bonchev–Trinajstić information content (AvgIpc) is 3.37. The number of piperazine rings is 1. The number of aromatic nitrogens is 5. The van der Waals surface area contributed by atoms with Gasteiger partial charge in [0.1, 0.15) is 11.1 Å². The smallest absolute Gasteiger partial charge is 0.255 e. The van der Waals surface area contributed by atoms with Crippen LogP contribution in [-0.4, -0.2) is 73.7 Å². The summed E-state index contributed by atoms with van der Waals surface area (Å²) in [7, 11) is 3.99. The third kappa shape index (κ3) is 5.86. The molecule has 0 spiro atoms. The molecule has 6 rings (SSSR count). The number of nitrogens with zero attached hydrogens (tertiary/aromatic N) is 7. The molecule has 0 saturated carbocycles. The topological polar surface area (TPSA) is 101 Å². The van der Waals surface area contributed by atoms with Gasteiger partial charge < -0.3 is 15.0 Å². The van der Waals surface area contributed by atoms with Crippen LogP contribution in [0.15, 0.2) is 67.1 Å². The van der Waals surface area contributed by atoms with E-state index in [1.165, 1.54) is 5.56 Å². The standard InChI is InChI=1S/C32H34N8O2/c1-21-7-8-23(31(41)35-26-10-9-25(22(2)16-26)20-40-14-12-38(3)13-15-40)17-28(21)42-32-27-19-34-39(4)30(27)36-29(37-32)24-6-5-11-33-18-24/h5-11,16-19H,12-15,20H2,1-4H3,(H,35,41). The first kappa shape index (κ1) is 27.5. The van der Waals surface area contributed by atoms with Crippen molar-refractivity contribution in [2.45, 2.75) is 20.4 Å². The van der Waals surface area contributed by atoms with Gasteiger partial charge in [-0.3, -0.25) is 19.4 Å². The number of nitrogens with one attached hydrogen (secondary N) is 1. The van der Waals surface area contributed by atoms with Crippen LogP contribution in [0.2, 0.25) is 0 Å². The molecule has 10 nitrogen and oxygen atoms in total. The molecule has 2 aromatic carbocycles. The molecule has 1 amide bonds. The second kappa shape index (κ2) is 11.7. The maximum Gasteiger partial charge on any atom is 0.255 e. The fourth-order valence-corrected chi connectivity index (χ4v) is 5.05. The highest BCUT2D eigenvalue weighted by atomic mass is 16.5. The summed E-state index contributed by atoms with van der Waals surface area (Å²) in [6.45, 7) is 9.26. The molecule has 1 N–H and O–H groups in total. The number of amides is 1. The number of likely N-dealkylation sites (N-methyl/N-ethyl adjacent to an activating group) is 1. The summed E-state index contributed by atoms with van der Waals surface area (Å²) in [6.07, 6.45) is 5.09. The van der Waals surface area contributed by atoms with E-state index in [0.717, 1.165) is 55.1 Å². The Hall–Kier alpha value is -4.67. The molecule has 0 aliphatic carbocycles. The molecule has 214 valence electrons. The zero-order chi connectivity index (χ0) is 29.2. The molecular formula is C32H34N8O2. The molecule has 1 aliphatic heterocycles. The zero-order valence-electron chi connectivity index (χ0n) is 24.3. The number of hydrogen-bond donors (Lipinski definition) is 1. The normalized spacial score (nSPS) is 14.3. The Morgan fingerprint density at radius 1 is 0.952 bits per heavy atom. The van der Waals surface area contributed by atoms with Gasteiger partial charge in [0.25, 0.3) is 5.91 Å². The van der Waals surface area contributed by atoms with E-state index in [2.05, 4.69) is 50.2 Å². The summed E-state index contributed by atoms with van der Waals surface area (Å²) in [6, 6.07) is 15.3. The number of anilines is 1. The quantitative estimate of drug-likeness (QED) is 0.301. The van der Waals surface area contributed by atoms with Crippen LogP contribution in [0.4, 0.5) is 5.69 Å². The van der Waals surface area contributed by atoms with E-state index < -0.39 is 0 Å².